The minimum atomic E-state index is -0.0519. The summed E-state index contributed by atoms with van der Waals surface area (Å²) in [7, 11) is 0. The molecular formula is C20H20N2O2. The number of carbonyl (C=O) groups excluding carboxylic acids is 1. The monoisotopic (exact) mass is 320 g/mol. The Bertz CT molecular complexity index is 827. The van der Waals surface area contributed by atoms with Crippen LogP contribution in [-0.2, 0) is 6.54 Å². The lowest BCUT2D eigenvalue weighted by Crippen LogP contribution is -2.24. The maximum Gasteiger partial charge on any atom is 0.252 e. The van der Waals surface area contributed by atoms with Gasteiger partial charge in [-0.15, -0.1) is 0 Å². The quantitative estimate of drug-likeness (QED) is 0.784. The molecule has 0 bridgehead atoms. The summed E-state index contributed by atoms with van der Waals surface area (Å²) in [5.74, 6) is -0.0519. The molecule has 0 spiro atoms. The first kappa shape index (κ1) is 16.0. The second-order valence-electron chi connectivity index (χ2n) is 6.02. The Kier molecular flexibility index (Phi) is 4.47. The van der Waals surface area contributed by atoms with E-state index >= 15 is 0 Å². The van der Waals surface area contributed by atoms with Crippen molar-refractivity contribution in [3.05, 3.63) is 76.9 Å². The highest BCUT2D eigenvalue weighted by Gasteiger charge is 2.12. The van der Waals surface area contributed by atoms with Crippen LogP contribution >= 0.6 is 0 Å². The number of hydrogen-bond acceptors (Lipinski definition) is 3. The van der Waals surface area contributed by atoms with Gasteiger partial charge in [-0.2, -0.15) is 0 Å². The Hall–Kier alpha value is -2.88. The van der Waals surface area contributed by atoms with Crippen LogP contribution in [0.15, 0.2) is 53.5 Å². The second-order valence-corrected chi connectivity index (χ2v) is 6.02. The lowest BCUT2D eigenvalue weighted by atomic mass is 9.99. The Labute approximate surface area is 141 Å². The highest BCUT2D eigenvalue weighted by Crippen LogP contribution is 2.18. The number of benzene rings is 1. The summed E-state index contributed by atoms with van der Waals surface area (Å²) in [5, 5.41) is 2.97. The summed E-state index contributed by atoms with van der Waals surface area (Å²) < 4.78 is 5.06. The molecule has 0 radical (unpaired) electrons. The molecule has 24 heavy (non-hydrogen) atoms. The Morgan fingerprint density at radius 1 is 1.12 bits per heavy atom. The number of nitrogens with zero attached hydrogens (tertiary/aromatic N) is 1. The predicted molar refractivity (Wildman–Crippen MR) is 93.8 cm³/mol. The third-order valence-corrected chi connectivity index (χ3v) is 4.00. The number of hydrogen-bond donors (Lipinski definition) is 1. The number of rotatable bonds is 4. The van der Waals surface area contributed by atoms with Crippen LogP contribution < -0.4 is 5.32 Å². The standard InChI is InChI=1S/C20H20N2O2/c1-13-8-14(2)19(15(3)9-13)20(23)22-11-16-4-5-18(21-10-16)17-6-7-24-12-17/h4-10,12H,11H2,1-3H3,(H,22,23). The van der Waals surface area contributed by atoms with Gasteiger partial charge in [0.1, 0.15) is 0 Å². The van der Waals surface area contributed by atoms with Gasteiger partial charge in [-0.1, -0.05) is 23.8 Å². The van der Waals surface area contributed by atoms with Crippen LogP contribution in [0.3, 0.4) is 0 Å². The van der Waals surface area contributed by atoms with Crippen LogP contribution in [-0.4, -0.2) is 10.9 Å². The molecule has 2 aromatic heterocycles. The van der Waals surface area contributed by atoms with E-state index in [2.05, 4.69) is 10.3 Å². The van der Waals surface area contributed by atoms with Crippen molar-refractivity contribution >= 4 is 5.91 Å². The van der Waals surface area contributed by atoms with Gasteiger partial charge < -0.3 is 9.73 Å². The van der Waals surface area contributed by atoms with Gasteiger partial charge in [-0.25, -0.2) is 0 Å². The molecule has 4 nitrogen and oxygen atoms in total. The molecule has 0 unspecified atom stereocenters. The first-order chi connectivity index (χ1) is 11.5. The number of carbonyl (C=O) groups is 1. The van der Waals surface area contributed by atoms with Crippen LogP contribution in [0, 0.1) is 20.8 Å². The van der Waals surface area contributed by atoms with Crippen molar-refractivity contribution in [3.63, 3.8) is 0 Å². The molecular weight excluding hydrogens is 300 g/mol. The Balaban J connectivity index is 1.69. The summed E-state index contributed by atoms with van der Waals surface area (Å²) in [4.78, 5) is 16.9. The van der Waals surface area contributed by atoms with E-state index in [0.717, 1.165) is 33.5 Å². The van der Waals surface area contributed by atoms with Gasteiger partial charge in [0, 0.05) is 23.9 Å². The van der Waals surface area contributed by atoms with Gasteiger partial charge in [0.15, 0.2) is 0 Å². The van der Waals surface area contributed by atoms with Gasteiger partial charge in [-0.05, 0) is 49.6 Å². The third kappa shape index (κ3) is 3.38. The summed E-state index contributed by atoms with van der Waals surface area (Å²) in [6.45, 7) is 6.42. The first-order valence-electron chi connectivity index (χ1n) is 7.88. The minimum absolute atomic E-state index is 0.0519. The van der Waals surface area contributed by atoms with Crippen molar-refractivity contribution in [1.29, 1.82) is 0 Å². The van der Waals surface area contributed by atoms with E-state index in [4.69, 9.17) is 4.42 Å². The highest BCUT2D eigenvalue weighted by molar-refractivity contribution is 5.97. The lowest BCUT2D eigenvalue weighted by Gasteiger charge is -2.12. The average Bonchev–Trinajstić information content (AvgIpc) is 3.07. The van der Waals surface area contributed by atoms with Crippen LogP contribution in [0.4, 0.5) is 0 Å². The fourth-order valence-corrected chi connectivity index (χ4v) is 2.92. The summed E-state index contributed by atoms with van der Waals surface area (Å²) in [6.07, 6.45) is 5.06. The van der Waals surface area contributed by atoms with Crippen LogP contribution in [0.2, 0.25) is 0 Å². The van der Waals surface area contributed by atoms with Gasteiger partial charge >= 0.3 is 0 Å². The molecule has 3 aromatic rings. The van der Waals surface area contributed by atoms with Crippen LogP contribution in [0.1, 0.15) is 32.6 Å². The van der Waals surface area contributed by atoms with Gasteiger partial charge in [-0.3, -0.25) is 9.78 Å². The number of amides is 1. The second kappa shape index (κ2) is 6.71. The molecule has 0 saturated carbocycles. The van der Waals surface area contributed by atoms with E-state index in [0.29, 0.717) is 6.54 Å². The van der Waals surface area contributed by atoms with Crippen molar-refractivity contribution in [2.45, 2.75) is 27.3 Å². The number of furan rings is 1. The normalized spacial score (nSPS) is 10.6. The average molecular weight is 320 g/mol. The van der Waals surface area contributed by atoms with Gasteiger partial charge in [0.05, 0.1) is 18.2 Å². The Morgan fingerprint density at radius 2 is 1.88 bits per heavy atom. The van der Waals surface area contributed by atoms with Crippen molar-refractivity contribution in [2.24, 2.45) is 0 Å². The van der Waals surface area contributed by atoms with E-state index in [1.807, 2.05) is 51.1 Å². The maximum absolute atomic E-state index is 12.5. The predicted octanol–water partition coefficient (Wildman–Crippen LogP) is 4.20. The maximum atomic E-state index is 12.5. The molecule has 0 atom stereocenters. The first-order valence-corrected chi connectivity index (χ1v) is 7.88. The largest absolute Gasteiger partial charge is 0.472 e. The van der Waals surface area contributed by atoms with E-state index in [1.54, 1.807) is 18.7 Å². The zero-order valence-corrected chi connectivity index (χ0v) is 14.1. The fraction of sp³-hybridized carbons (Fsp3) is 0.200. The summed E-state index contributed by atoms with van der Waals surface area (Å²) in [5.41, 5.74) is 6.67. The Morgan fingerprint density at radius 3 is 2.46 bits per heavy atom. The minimum Gasteiger partial charge on any atom is -0.472 e. The molecule has 1 amide bonds. The number of aryl methyl sites for hydroxylation is 3. The van der Waals surface area contributed by atoms with Crippen LogP contribution in [0.25, 0.3) is 11.3 Å². The van der Waals surface area contributed by atoms with Gasteiger partial charge in [0.2, 0.25) is 0 Å². The SMILES string of the molecule is Cc1cc(C)c(C(=O)NCc2ccc(-c3ccoc3)nc2)c(C)c1. The molecule has 2 heterocycles. The van der Waals surface area contributed by atoms with Crippen molar-refractivity contribution in [1.82, 2.24) is 10.3 Å². The molecule has 0 fully saturated rings. The molecule has 3 rings (SSSR count). The van der Waals surface area contributed by atoms with Gasteiger partial charge in [0.25, 0.3) is 5.91 Å². The molecule has 1 N–H and O–H groups in total. The summed E-state index contributed by atoms with van der Waals surface area (Å²) in [6, 6.07) is 9.82. The van der Waals surface area contributed by atoms with E-state index in [1.165, 1.54) is 5.56 Å². The smallest absolute Gasteiger partial charge is 0.252 e. The molecule has 0 saturated heterocycles. The molecule has 0 aliphatic heterocycles. The highest BCUT2D eigenvalue weighted by atomic mass is 16.3. The third-order valence-electron chi connectivity index (χ3n) is 4.00. The lowest BCUT2D eigenvalue weighted by molar-refractivity contribution is 0.0949. The molecule has 0 aliphatic carbocycles. The molecule has 122 valence electrons. The topological polar surface area (TPSA) is 55.1 Å². The fourth-order valence-electron chi connectivity index (χ4n) is 2.92. The number of nitrogens with one attached hydrogen (secondary N) is 1. The number of pyridine rings is 1. The van der Waals surface area contributed by atoms with E-state index in [9.17, 15) is 4.79 Å². The van der Waals surface area contributed by atoms with E-state index < -0.39 is 0 Å². The van der Waals surface area contributed by atoms with Crippen molar-refractivity contribution < 1.29 is 9.21 Å². The van der Waals surface area contributed by atoms with E-state index in [-0.39, 0.29) is 5.91 Å². The summed E-state index contributed by atoms with van der Waals surface area (Å²) >= 11 is 0. The van der Waals surface area contributed by atoms with Crippen molar-refractivity contribution in [2.75, 3.05) is 0 Å². The zero-order valence-electron chi connectivity index (χ0n) is 14.1. The molecule has 4 heteroatoms. The van der Waals surface area contributed by atoms with Crippen molar-refractivity contribution in [3.8, 4) is 11.3 Å². The van der Waals surface area contributed by atoms with Crippen LogP contribution in [0.5, 0.6) is 0 Å². The molecule has 0 aliphatic rings. The molecule has 1 aromatic carbocycles. The zero-order chi connectivity index (χ0) is 17.1. The number of aromatic nitrogens is 1.